The van der Waals surface area contributed by atoms with Gasteiger partial charge >= 0.3 is 0 Å². The molecule has 1 saturated carbocycles. The van der Waals surface area contributed by atoms with Crippen molar-refractivity contribution in [3.8, 4) is 0 Å². The SMILES string of the molecule is CC(C)c1noc(C(C)N2CCN(C3CCCC3O)CC2)n1. The Morgan fingerprint density at radius 3 is 2.41 bits per heavy atom. The van der Waals surface area contributed by atoms with Gasteiger partial charge in [-0.1, -0.05) is 19.0 Å². The average molecular weight is 308 g/mol. The standard InChI is InChI=1S/C16H28N4O2/c1-11(2)15-17-16(22-18-15)12(3)19-7-9-20(10-8-19)13-5-4-6-14(13)21/h11-14,21H,4-10H2,1-3H3. The molecule has 3 rings (SSSR count). The molecule has 2 aliphatic rings. The zero-order valence-electron chi connectivity index (χ0n) is 13.9. The lowest BCUT2D eigenvalue weighted by Crippen LogP contribution is -2.52. The van der Waals surface area contributed by atoms with Gasteiger partial charge in [-0.05, 0) is 26.2 Å². The number of aromatic nitrogens is 2. The first kappa shape index (κ1) is 15.9. The summed E-state index contributed by atoms with van der Waals surface area (Å²) in [5.74, 6) is 1.80. The summed E-state index contributed by atoms with van der Waals surface area (Å²) in [5, 5.41) is 14.1. The highest BCUT2D eigenvalue weighted by molar-refractivity contribution is 4.97. The van der Waals surface area contributed by atoms with Gasteiger partial charge in [0, 0.05) is 38.1 Å². The predicted molar refractivity (Wildman–Crippen MR) is 83.6 cm³/mol. The van der Waals surface area contributed by atoms with E-state index in [0.29, 0.717) is 12.0 Å². The minimum atomic E-state index is -0.131. The van der Waals surface area contributed by atoms with Crippen molar-refractivity contribution in [1.82, 2.24) is 19.9 Å². The molecule has 3 atom stereocenters. The van der Waals surface area contributed by atoms with Crippen LogP contribution < -0.4 is 0 Å². The molecule has 0 radical (unpaired) electrons. The third kappa shape index (κ3) is 3.19. The summed E-state index contributed by atoms with van der Waals surface area (Å²) in [6.45, 7) is 10.3. The quantitative estimate of drug-likeness (QED) is 0.915. The molecule has 1 saturated heterocycles. The molecule has 0 amide bonds. The van der Waals surface area contributed by atoms with E-state index in [1.54, 1.807) is 0 Å². The Kier molecular flexibility index (Phi) is 4.80. The number of hydrogen-bond acceptors (Lipinski definition) is 6. The topological polar surface area (TPSA) is 65.6 Å². The van der Waals surface area contributed by atoms with Crippen LogP contribution in [0.1, 0.15) is 63.7 Å². The highest BCUT2D eigenvalue weighted by Crippen LogP contribution is 2.27. The minimum Gasteiger partial charge on any atom is -0.391 e. The van der Waals surface area contributed by atoms with E-state index in [-0.39, 0.29) is 12.1 Å². The third-order valence-corrected chi connectivity index (χ3v) is 5.14. The molecule has 2 heterocycles. The molecule has 1 aromatic heterocycles. The Balaban J connectivity index is 1.56. The van der Waals surface area contributed by atoms with E-state index in [1.165, 1.54) is 0 Å². The molecule has 0 spiro atoms. The van der Waals surface area contributed by atoms with E-state index in [1.807, 2.05) is 0 Å². The van der Waals surface area contributed by atoms with Gasteiger partial charge in [-0.15, -0.1) is 0 Å². The van der Waals surface area contributed by atoms with Crippen molar-refractivity contribution in [3.63, 3.8) is 0 Å². The van der Waals surface area contributed by atoms with Crippen LogP contribution in [0.3, 0.4) is 0 Å². The van der Waals surface area contributed by atoms with Gasteiger partial charge in [-0.25, -0.2) is 0 Å². The van der Waals surface area contributed by atoms with Crippen molar-refractivity contribution in [2.45, 2.75) is 64.1 Å². The van der Waals surface area contributed by atoms with E-state index in [9.17, 15) is 5.11 Å². The third-order valence-electron chi connectivity index (χ3n) is 5.14. The molecule has 6 nitrogen and oxygen atoms in total. The molecule has 1 aliphatic carbocycles. The molecular formula is C16H28N4O2. The summed E-state index contributed by atoms with van der Waals surface area (Å²) in [6.07, 6.45) is 3.12. The number of piperazine rings is 1. The Morgan fingerprint density at radius 1 is 1.14 bits per heavy atom. The molecule has 1 aliphatic heterocycles. The molecule has 1 N–H and O–H groups in total. The van der Waals surface area contributed by atoms with E-state index in [0.717, 1.165) is 57.2 Å². The molecule has 3 unspecified atom stereocenters. The maximum Gasteiger partial charge on any atom is 0.243 e. The molecule has 1 aromatic rings. The first-order valence-corrected chi connectivity index (χ1v) is 8.56. The molecule has 124 valence electrons. The summed E-state index contributed by atoms with van der Waals surface area (Å²) >= 11 is 0. The second kappa shape index (κ2) is 6.64. The lowest BCUT2D eigenvalue weighted by Gasteiger charge is -2.40. The second-order valence-electron chi connectivity index (χ2n) is 6.96. The van der Waals surface area contributed by atoms with Crippen LogP contribution in [-0.2, 0) is 0 Å². The Hall–Kier alpha value is -0.980. The first-order chi connectivity index (χ1) is 10.6. The second-order valence-corrected chi connectivity index (χ2v) is 6.96. The molecule has 2 fully saturated rings. The Labute approximate surface area is 132 Å². The molecule has 6 heteroatoms. The van der Waals surface area contributed by atoms with Crippen molar-refractivity contribution in [3.05, 3.63) is 11.7 Å². The van der Waals surface area contributed by atoms with Gasteiger partial charge in [0.2, 0.25) is 5.89 Å². The molecule has 0 aromatic carbocycles. The number of hydrogen-bond donors (Lipinski definition) is 1. The zero-order valence-corrected chi connectivity index (χ0v) is 13.9. The Bertz CT molecular complexity index is 482. The number of rotatable bonds is 4. The first-order valence-electron chi connectivity index (χ1n) is 8.56. The fourth-order valence-electron chi connectivity index (χ4n) is 3.61. The van der Waals surface area contributed by atoms with Crippen LogP contribution in [-0.4, -0.2) is 63.4 Å². The van der Waals surface area contributed by atoms with Crippen LogP contribution in [0.5, 0.6) is 0 Å². The monoisotopic (exact) mass is 308 g/mol. The van der Waals surface area contributed by atoms with Crippen LogP contribution in [0.15, 0.2) is 4.52 Å². The Morgan fingerprint density at radius 2 is 1.86 bits per heavy atom. The summed E-state index contributed by atoms with van der Waals surface area (Å²) in [6, 6.07) is 0.532. The predicted octanol–water partition coefficient (Wildman–Crippen LogP) is 1.78. The van der Waals surface area contributed by atoms with Crippen LogP contribution >= 0.6 is 0 Å². The summed E-state index contributed by atoms with van der Waals surface area (Å²) in [5.41, 5.74) is 0. The highest BCUT2D eigenvalue weighted by atomic mass is 16.5. The van der Waals surface area contributed by atoms with Crippen LogP contribution in [0.2, 0.25) is 0 Å². The van der Waals surface area contributed by atoms with Crippen molar-refractivity contribution in [1.29, 1.82) is 0 Å². The molecule has 0 bridgehead atoms. The zero-order chi connectivity index (χ0) is 15.7. The van der Waals surface area contributed by atoms with Crippen LogP contribution in [0.4, 0.5) is 0 Å². The summed E-state index contributed by atoms with van der Waals surface area (Å²) < 4.78 is 5.43. The van der Waals surface area contributed by atoms with Gasteiger partial charge in [-0.3, -0.25) is 9.80 Å². The van der Waals surface area contributed by atoms with Crippen molar-refractivity contribution in [2.24, 2.45) is 0 Å². The van der Waals surface area contributed by atoms with Gasteiger partial charge in [-0.2, -0.15) is 4.98 Å². The number of nitrogens with zero attached hydrogens (tertiary/aromatic N) is 4. The number of aliphatic hydroxyl groups excluding tert-OH is 1. The lowest BCUT2D eigenvalue weighted by atomic mass is 10.1. The maximum atomic E-state index is 10.1. The van der Waals surface area contributed by atoms with E-state index in [4.69, 9.17) is 4.52 Å². The van der Waals surface area contributed by atoms with E-state index >= 15 is 0 Å². The van der Waals surface area contributed by atoms with Crippen LogP contribution in [0, 0.1) is 0 Å². The normalized spacial score (nSPS) is 29.3. The smallest absolute Gasteiger partial charge is 0.243 e. The van der Waals surface area contributed by atoms with Gasteiger partial charge in [0.15, 0.2) is 5.82 Å². The highest BCUT2D eigenvalue weighted by Gasteiger charge is 2.34. The van der Waals surface area contributed by atoms with E-state index in [2.05, 4.69) is 40.7 Å². The van der Waals surface area contributed by atoms with Crippen molar-refractivity contribution < 1.29 is 9.63 Å². The fraction of sp³-hybridized carbons (Fsp3) is 0.875. The summed E-state index contributed by atoms with van der Waals surface area (Å²) in [4.78, 5) is 9.37. The van der Waals surface area contributed by atoms with E-state index < -0.39 is 0 Å². The van der Waals surface area contributed by atoms with Gasteiger partial charge < -0.3 is 9.63 Å². The largest absolute Gasteiger partial charge is 0.391 e. The summed E-state index contributed by atoms with van der Waals surface area (Å²) in [7, 11) is 0. The average Bonchev–Trinajstić information content (AvgIpc) is 3.15. The number of aliphatic hydroxyl groups is 1. The van der Waals surface area contributed by atoms with Gasteiger partial charge in [0.05, 0.1) is 12.1 Å². The maximum absolute atomic E-state index is 10.1. The van der Waals surface area contributed by atoms with Gasteiger partial charge in [0.1, 0.15) is 0 Å². The fourth-order valence-corrected chi connectivity index (χ4v) is 3.61. The lowest BCUT2D eigenvalue weighted by molar-refractivity contribution is 0.0213. The minimum absolute atomic E-state index is 0.131. The van der Waals surface area contributed by atoms with Crippen LogP contribution in [0.25, 0.3) is 0 Å². The molecule has 22 heavy (non-hydrogen) atoms. The van der Waals surface area contributed by atoms with Crippen molar-refractivity contribution in [2.75, 3.05) is 26.2 Å². The van der Waals surface area contributed by atoms with Gasteiger partial charge in [0.25, 0.3) is 0 Å². The van der Waals surface area contributed by atoms with Crippen molar-refractivity contribution >= 4 is 0 Å². The molecular weight excluding hydrogens is 280 g/mol.